The number of halogens is 1. The summed E-state index contributed by atoms with van der Waals surface area (Å²) in [5, 5.41) is 8.53. The van der Waals surface area contributed by atoms with E-state index in [-0.39, 0.29) is 23.9 Å². The molecule has 0 bridgehead atoms. The normalized spacial score (nSPS) is 14.2. The van der Waals surface area contributed by atoms with Crippen molar-refractivity contribution in [2.45, 2.75) is 11.6 Å². The molecule has 1 amide bonds. The van der Waals surface area contributed by atoms with Crippen LogP contribution >= 0.6 is 11.8 Å². The number of benzene rings is 1. The van der Waals surface area contributed by atoms with Crippen molar-refractivity contribution in [3.63, 3.8) is 0 Å². The maximum Gasteiger partial charge on any atom is 0.233 e. The Morgan fingerprint density at radius 1 is 1.07 bits per heavy atom. The summed E-state index contributed by atoms with van der Waals surface area (Å²) < 4.78 is 15.2. The molecule has 30 heavy (non-hydrogen) atoms. The zero-order valence-electron chi connectivity index (χ0n) is 16.3. The van der Waals surface area contributed by atoms with Crippen molar-refractivity contribution in [2.24, 2.45) is 0 Å². The van der Waals surface area contributed by atoms with Crippen molar-refractivity contribution in [2.75, 3.05) is 42.7 Å². The van der Waals surface area contributed by atoms with Gasteiger partial charge in [-0.3, -0.25) is 4.79 Å². The van der Waals surface area contributed by atoms with Crippen LogP contribution in [0.1, 0.15) is 11.4 Å². The lowest BCUT2D eigenvalue weighted by Gasteiger charge is -2.35. The first-order valence-electron chi connectivity index (χ1n) is 9.61. The zero-order chi connectivity index (χ0) is 20.9. The third-order valence-electron chi connectivity index (χ3n) is 4.97. The van der Waals surface area contributed by atoms with Gasteiger partial charge in [0.25, 0.3) is 0 Å². The number of anilines is 1. The number of amides is 1. The standard InChI is InChI=1S/C20H22FN7OS/c21-16-6-2-1-5-15(16)13-18-24-25-20(28(18)22)30-14-19(29)27-11-9-26(10-12-27)17-7-3-4-8-23-17/h1-8H,9-14,22H2. The second-order valence-corrected chi connectivity index (χ2v) is 7.82. The zero-order valence-corrected chi connectivity index (χ0v) is 17.1. The van der Waals surface area contributed by atoms with E-state index in [0.717, 1.165) is 18.9 Å². The number of nitrogens with two attached hydrogens (primary N) is 1. The van der Waals surface area contributed by atoms with Crippen LogP contribution in [-0.2, 0) is 11.2 Å². The molecule has 8 nitrogen and oxygen atoms in total. The number of rotatable bonds is 6. The summed E-state index contributed by atoms with van der Waals surface area (Å²) in [4.78, 5) is 21.0. The number of nitrogens with zero attached hydrogens (tertiary/aromatic N) is 6. The number of aromatic nitrogens is 4. The van der Waals surface area contributed by atoms with Gasteiger partial charge in [0, 0.05) is 38.8 Å². The number of nitrogen functional groups attached to an aromatic ring is 1. The summed E-state index contributed by atoms with van der Waals surface area (Å²) in [7, 11) is 0. The Hall–Kier alpha value is -3.14. The van der Waals surface area contributed by atoms with Gasteiger partial charge in [-0.2, -0.15) is 0 Å². The summed E-state index contributed by atoms with van der Waals surface area (Å²) >= 11 is 1.24. The quantitative estimate of drug-likeness (QED) is 0.471. The van der Waals surface area contributed by atoms with Crippen molar-refractivity contribution in [3.05, 3.63) is 65.9 Å². The summed E-state index contributed by atoms with van der Waals surface area (Å²) in [6.45, 7) is 2.77. The molecule has 0 radical (unpaired) electrons. The van der Waals surface area contributed by atoms with Crippen molar-refractivity contribution in [1.29, 1.82) is 0 Å². The molecule has 2 N–H and O–H groups in total. The van der Waals surface area contributed by atoms with Crippen LogP contribution in [0.25, 0.3) is 0 Å². The van der Waals surface area contributed by atoms with E-state index in [1.54, 1.807) is 24.4 Å². The van der Waals surface area contributed by atoms with Crippen molar-refractivity contribution in [3.8, 4) is 0 Å². The summed E-state index contributed by atoms with van der Waals surface area (Å²) in [5.41, 5.74) is 0.495. The second kappa shape index (κ2) is 9.12. The Balaban J connectivity index is 1.29. The van der Waals surface area contributed by atoms with Crippen LogP contribution in [0.15, 0.2) is 53.8 Å². The maximum atomic E-state index is 13.8. The lowest BCUT2D eigenvalue weighted by Crippen LogP contribution is -2.49. The fourth-order valence-electron chi connectivity index (χ4n) is 3.28. The topological polar surface area (TPSA) is 93.2 Å². The average molecular weight is 428 g/mol. The van der Waals surface area contributed by atoms with E-state index in [9.17, 15) is 9.18 Å². The molecule has 1 aromatic carbocycles. The number of carbonyl (C=O) groups is 1. The minimum absolute atomic E-state index is 0.0272. The van der Waals surface area contributed by atoms with E-state index in [2.05, 4.69) is 20.1 Å². The van der Waals surface area contributed by atoms with Crippen LogP contribution in [0.3, 0.4) is 0 Å². The van der Waals surface area contributed by atoms with Gasteiger partial charge in [-0.1, -0.05) is 36.0 Å². The molecule has 3 aromatic rings. The Labute approximate surface area is 177 Å². The minimum atomic E-state index is -0.310. The summed E-state index contributed by atoms with van der Waals surface area (Å²) in [6.07, 6.45) is 2.01. The molecule has 1 aliphatic heterocycles. The second-order valence-electron chi connectivity index (χ2n) is 6.88. The van der Waals surface area contributed by atoms with E-state index < -0.39 is 0 Å². The van der Waals surface area contributed by atoms with Crippen molar-refractivity contribution >= 4 is 23.5 Å². The van der Waals surface area contributed by atoms with Crippen molar-refractivity contribution in [1.82, 2.24) is 24.8 Å². The fraction of sp³-hybridized carbons (Fsp3) is 0.300. The Morgan fingerprint density at radius 2 is 1.83 bits per heavy atom. The average Bonchev–Trinajstić information content (AvgIpc) is 3.13. The van der Waals surface area contributed by atoms with E-state index in [0.29, 0.717) is 29.6 Å². The molecule has 3 heterocycles. The molecule has 156 valence electrons. The van der Waals surface area contributed by atoms with Crippen LogP contribution in [-0.4, -0.2) is 62.6 Å². The number of pyridine rings is 1. The van der Waals surface area contributed by atoms with Gasteiger partial charge in [0.05, 0.1) is 5.75 Å². The largest absolute Gasteiger partial charge is 0.353 e. The Bertz CT molecular complexity index is 1010. The summed E-state index contributed by atoms with van der Waals surface area (Å²) in [6, 6.07) is 12.3. The highest BCUT2D eigenvalue weighted by atomic mass is 32.2. The summed E-state index contributed by atoms with van der Waals surface area (Å²) in [5.74, 6) is 7.37. The minimum Gasteiger partial charge on any atom is -0.353 e. The number of thioether (sulfide) groups is 1. The Morgan fingerprint density at radius 3 is 2.57 bits per heavy atom. The highest BCUT2D eigenvalue weighted by Gasteiger charge is 2.22. The number of hydrogen-bond donors (Lipinski definition) is 1. The lowest BCUT2D eigenvalue weighted by molar-refractivity contribution is -0.128. The van der Waals surface area contributed by atoms with Crippen LogP contribution in [0.5, 0.6) is 0 Å². The van der Waals surface area contributed by atoms with E-state index in [1.807, 2.05) is 23.1 Å². The van der Waals surface area contributed by atoms with Gasteiger partial charge in [0.2, 0.25) is 11.1 Å². The molecular formula is C20H22FN7OS. The smallest absolute Gasteiger partial charge is 0.233 e. The molecule has 1 aliphatic rings. The monoisotopic (exact) mass is 427 g/mol. The molecule has 1 saturated heterocycles. The van der Waals surface area contributed by atoms with Gasteiger partial charge in [-0.15, -0.1) is 10.2 Å². The molecule has 4 rings (SSSR count). The molecule has 1 fully saturated rings. The van der Waals surface area contributed by atoms with Crippen LogP contribution in [0.4, 0.5) is 10.2 Å². The molecule has 0 aliphatic carbocycles. The van der Waals surface area contributed by atoms with E-state index in [1.165, 1.54) is 22.5 Å². The van der Waals surface area contributed by atoms with Crippen LogP contribution < -0.4 is 10.7 Å². The highest BCUT2D eigenvalue weighted by molar-refractivity contribution is 7.99. The van der Waals surface area contributed by atoms with E-state index in [4.69, 9.17) is 5.84 Å². The molecule has 2 aromatic heterocycles. The first-order chi connectivity index (χ1) is 14.6. The predicted molar refractivity (Wildman–Crippen MR) is 113 cm³/mol. The van der Waals surface area contributed by atoms with Gasteiger partial charge < -0.3 is 15.6 Å². The SMILES string of the molecule is Nn1c(Cc2ccccc2F)nnc1SCC(=O)N1CCN(c2ccccn2)CC1. The van der Waals surface area contributed by atoms with Crippen LogP contribution in [0.2, 0.25) is 0 Å². The first kappa shape index (κ1) is 20.1. The first-order valence-corrected chi connectivity index (χ1v) is 10.6. The van der Waals surface area contributed by atoms with Gasteiger partial charge in [0.15, 0.2) is 5.82 Å². The third-order valence-corrected chi connectivity index (χ3v) is 5.90. The third kappa shape index (κ3) is 4.54. The van der Waals surface area contributed by atoms with Gasteiger partial charge >= 0.3 is 0 Å². The number of hydrogen-bond acceptors (Lipinski definition) is 7. The van der Waals surface area contributed by atoms with Gasteiger partial charge in [-0.25, -0.2) is 14.1 Å². The van der Waals surface area contributed by atoms with Gasteiger partial charge in [-0.05, 0) is 23.8 Å². The molecule has 0 unspecified atom stereocenters. The Kier molecular flexibility index (Phi) is 6.12. The molecule has 0 spiro atoms. The van der Waals surface area contributed by atoms with Crippen LogP contribution in [0, 0.1) is 5.82 Å². The van der Waals surface area contributed by atoms with Crippen molar-refractivity contribution < 1.29 is 9.18 Å². The molecule has 0 atom stereocenters. The van der Waals surface area contributed by atoms with Gasteiger partial charge in [0.1, 0.15) is 11.6 Å². The predicted octanol–water partition coefficient (Wildman–Crippen LogP) is 1.56. The maximum absolute atomic E-state index is 13.8. The number of carbonyl (C=O) groups excluding carboxylic acids is 1. The number of piperazine rings is 1. The highest BCUT2D eigenvalue weighted by Crippen LogP contribution is 2.19. The molecule has 0 saturated carbocycles. The van der Waals surface area contributed by atoms with E-state index >= 15 is 0 Å². The fourth-order valence-corrected chi connectivity index (χ4v) is 4.06. The lowest BCUT2D eigenvalue weighted by atomic mass is 10.1. The molecule has 10 heteroatoms. The molecular weight excluding hydrogens is 405 g/mol.